The van der Waals surface area contributed by atoms with Crippen molar-refractivity contribution in [2.45, 2.75) is 19.8 Å². The predicted molar refractivity (Wildman–Crippen MR) is 79.2 cm³/mol. The van der Waals surface area contributed by atoms with E-state index in [1.807, 2.05) is 28.8 Å². The first-order chi connectivity index (χ1) is 9.81. The smallest absolute Gasteiger partial charge is 0.168 e. The lowest BCUT2D eigenvalue weighted by Gasteiger charge is -2.01. The average molecular weight is 264 g/mol. The zero-order valence-electron chi connectivity index (χ0n) is 11.4. The molecule has 3 rings (SSSR count). The maximum atomic E-state index is 11.3. The molecule has 0 amide bonds. The van der Waals surface area contributed by atoms with Gasteiger partial charge >= 0.3 is 0 Å². The molecule has 0 aliphatic carbocycles. The highest BCUT2D eigenvalue weighted by Crippen LogP contribution is 2.16. The molecular weight excluding hydrogens is 248 g/mol. The Morgan fingerprint density at radius 3 is 2.55 bits per heavy atom. The molecule has 20 heavy (non-hydrogen) atoms. The van der Waals surface area contributed by atoms with Gasteiger partial charge in [0.2, 0.25) is 0 Å². The standard InChI is InChI=1S/C17H16N2O/c1-2-13-6-8-14(9-7-13)11-15-16(12-20)19-10-4-3-5-17(19)18-15/h3-10,12H,2,11H2,1H3. The summed E-state index contributed by atoms with van der Waals surface area (Å²) >= 11 is 0. The van der Waals surface area contributed by atoms with E-state index in [1.54, 1.807) is 0 Å². The monoisotopic (exact) mass is 264 g/mol. The first-order valence-corrected chi connectivity index (χ1v) is 6.80. The van der Waals surface area contributed by atoms with Gasteiger partial charge in [-0.1, -0.05) is 37.3 Å². The van der Waals surface area contributed by atoms with Crippen LogP contribution in [-0.2, 0) is 12.8 Å². The van der Waals surface area contributed by atoms with Crippen molar-refractivity contribution >= 4 is 11.9 Å². The number of carbonyl (C=O) groups excluding carboxylic acids is 1. The number of pyridine rings is 1. The van der Waals surface area contributed by atoms with Gasteiger partial charge in [0.25, 0.3) is 0 Å². The molecule has 100 valence electrons. The van der Waals surface area contributed by atoms with Gasteiger partial charge in [0.15, 0.2) is 6.29 Å². The van der Waals surface area contributed by atoms with Gasteiger partial charge in [0.1, 0.15) is 11.3 Å². The molecule has 3 nitrogen and oxygen atoms in total. The van der Waals surface area contributed by atoms with Crippen LogP contribution in [0.1, 0.15) is 34.2 Å². The summed E-state index contributed by atoms with van der Waals surface area (Å²) in [5, 5.41) is 0. The third kappa shape index (κ3) is 2.23. The molecule has 3 aromatic rings. The number of nitrogens with zero attached hydrogens (tertiary/aromatic N) is 2. The molecule has 0 fully saturated rings. The fraction of sp³-hybridized carbons (Fsp3) is 0.176. The summed E-state index contributed by atoms with van der Waals surface area (Å²) in [6.45, 7) is 2.14. The molecule has 2 aromatic heterocycles. The zero-order valence-corrected chi connectivity index (χ0v) is 11.4. The van der Waals surface area contributed by atoms with E-state index in [4.69, 9.17) is 0 Å². The third-order valence-electron chi connectivity index (χ3n) is 3.56. The first-order valence-electron chi connectivity index (χ1n) is 6.80. The van der Waals surface area contributed by atoms with Gasteiger partial charge in [0, 0.05) is 12.6 Å². The molecule has 0 bridgehead atoms. The van der Waals surface area contributed by atoms with Gasteiger partial charge in [-0.15, -0.1) is 0 Å². The molecule has 1 aromatic carbocycles. The van der Waals surface area contributed by atoms with E-state index in [0.717, 1.165) is 24.0 Å². The van der Waals surface area contributed by atoms with E-state index in [2.05, 4.69) is 36.2 Å². The van der Waals surface area contributed by atoms with E-state index >= 15 is 0 Å². The number of benzene rings is 1. The van der Waals surface area contributed by atoms with Crippen LogP contribution in [0.2, 0.25) is 0 Å². The zero-order chi connectivity index (χ0) is 13.9. The summed E-state index contributed by atoms with van der Waals surface area (Å²) in [6.07, 6.45) is 4.47. The average Bonchev–Trinajstić information content (AvgIpc) is 2.85. The van der Waals surface area contributed by atoms with Crippen LogP contribution >= 0.6 is 0 Å². The molecule has 0 aliphatic heterocycles. The predicted octanol–water partition coefficient (Wildman–Crippen LogP) is 3.30. The van der Waals surface area contributed by atoms with Crippen molar-refractivity contribution in [1.82, 2.24) is 9.38 Å². The van der Waals surface area contributed by atoms with Gasteiger partial charge in [-0.05, 0) is 29.7 Å². The molecule has 2 heterocycles. The second-order valence-electron chi connectivity index (χ2n) is 4.84. The summed E-state index contributed by atoms with van der Waals surface area (Å²) in [5.41, 5.74) is 4.78. The van der Waals surface area contributed by atoms with Crippen molar-refractivity contribution in [3.63, 3.8) is 0 Å². The number of hydrogen-bond acceptors (Lipinski definition) is 2. The van der Waals surface area contributed by atoms with E-state index < -0.39 is 0 Å². The van der Waals surface area contributed by atoms with Crippen LogP contribution in [-0.4, -0.2) is 15.7 Å². The highest BCUT2D eigenvalue weighted by molar-refractivity contribution is 5.76. The minimum Gasteiger partial charge on any atom is -0.297 e. The number of aryl methyl sites for hydroxylation is 1. The minimum atomic E-state index is 0.639. The summed E-state index contributed by atoms with van der Waals surface area (Å²) in [6, 6.07) is 14.2. The lowest BCUT2D eigenvalue weighted by atomic mass is 10.1. The van der Waals surface area contributed by atoms with Gasteiger partial charge in [0.05, 0.1) is 5.69 Å². The Bertz CT molecular complexity index is 741. The summed E-state index contributed by atoms with van der Waals surface area (Å²) in [4.78, 5) is 15.9. The van der Waals surface area contributed by atoms with Crippen LogP contribution in [0.3, 0.4) is 0 Å². The SMILES string of the molecule is CCc1ccc(Cc2nc3ccccn3c2C=O)cc1. The van der Waals surface area contributed by atoms with Crippen LogP contribution in [0.4, 0.5) is 0 Å². The Kier molecular flexibility index (Phi) is 3.33. The summed E-state index contributed by atoms with van der Waals surface area (Å²) < 4.78 is 1.84. The Morgan fingerprint density at radius 1 is 1.10 bits per heavy atom. The summed E-state index contributed by atoms with van der Waals surface area (Å²) in [7, 11) is 0. The van der Waals surface area contributed by atoms with Crippen molar-refractivity contribution < 1.29 is 4.79 Å². The molecular formula is C17H16N2O. The third-order valence-corrected chi connectivity index (χ3v) is 3.56. The fourth-order valence-corrected chi connectivity index (χ4v) is 2.40. The molecule has 0 saturated heterocycles. The molecule has 0 spiro atoms. The Balaban J connectivity index is 1.99. The molecule has 0 aliphatic rings. The van der Waals surface area contributed by atoms with Gasteiger partial charge in [-0.25, -0.2) is 4.98 Å². The fourth-order valence-electron chi connectivity index (χ4n) is 2.40. The lowest BCUT2D eigenvalue weighted by molar-refractivity contribution is 0.111. The molecule has 0 saturated carbocycles. The van der Waals surface area contributed by atoms with Crippen molar-refractivity contribution in [3.05, 3.63) is 71.2 Å². The number of fused-ring (bicyclic) bond motifs is 1. The number of imidazole rings is 1. The van der Waals surface area contributed by atoms with E-state index in [9.17, 15) is 4.79 Å². The van der Waals surface area contributed by atoms with Crippen molar-refractivity contribution in [1.29, 1.82) is 0 Å². The molecule has 0 atom stereocenters. The topological polar surface area (TPSA) is 34.4 Å². The second kappa shape index (κ2) is 5.29. The maximum Gasteiger partial charge on any atom is 0.168 e. The van der Waals surface area contributed by atoms with E-state index in [1.165, 1.54) is 11.1 Å². The second-order valence-corrected chi connectivity index (χ2v) is 4.84. The molecule has 3 heteroatoms. The number of carbonyl (C=O) groups is 1. The van der Waals surface area contributed by atoms with Gasteiger partial charge in [-0.2, -0.15) is 0 Å². The van der Waals surface area contributed by atoms with Crippen molar-refractivity contribution in [2.24, 2.45) is 0 Å². The highest BCUT2D eigenvalue weighted by Gasteiger charge is 2.11. The Labute approximate surface area is 117 Å². The molecule has 0 unspecified atom stereocenters. The number of rotatable bonds is 4. The Morgan fingerprint density at radius 2 is 1.85 bits per heavy atom. The largest absolute Gasteiger partial charge is 0.297 e. The van der Waals surface area contributed by atoms with Crippen molar-refractivity contribution in [2.75, 3.05) is 0 Å². The van der Waals surface area contributed by atoms with Crippen LogP contribution in [0.15, 0.2) is 48.7 Å². The number of aldehydes is 1. The maximum absolute atomic E-state index is 11.3. The lowest BCUT2D eigenvalue weighted by Crippen LogP contribution is -1.96. The van der Waals surface area contributed by atoms with Crippen LogP contribution in [0.25, 0.3) is 5.65 Å². The van der Waals surface area contributed by atoms with Crippen LogP contribution in [0.5, 0.6) is 0 Å². The first kappa shape index (κ1) is 12.6. The minimum absolute atomic E-state index is 0.639. The summed E-state index contributed by atoms with van der Waals surface area (Å²) in [5.74, 6) is 0. The quantitative estimate of drug-likeness (QED) is 0.678. The van der Waals surface area contributed by atoms with Gasteiger partial charge < -0.3 is 0 Å². The number of hydrogen-bond donors (Lipinski definition) is 0. The van der Waals surface area contributed by atoms with E-state index in [0.29, 0.717) is 12.1 Å². The van der Waals surface area contributed by atoms with Crippen LogP contribution < -0.4 is 0 Å². The highest BCUT2D eigenvalue weighted by atomic mass is 16.1. The molecule has 0 radical (unpaired) electrons. The van der Waals surface area contributed by atoms with Crippen molar-refractivity contribution in [3.8, 4) is 0 Å². The molecule has 0 N–H and O–H groups in total. The normalized spacial score (nSPS) is 10.8. The van der Waals surface area contributed by atoms with Gasteiger partial charge in [-0.3, -0.25) is 9.20 Å². The number of aromatic nitrogens is 2. The van der Waals surface area contributed by atoms with E-state index in [-0.39, 0.29) is 0 Å². The van der Waals surface area contributed by atoms with Crippen LogP contribution in [0, 0.1) is 0 Å². The Hall–Kier alpha value is -2.42.